The van der Waals surface area contributed by atoms with Gasteiger partial charge in [0.2, 0.25) is 0 Å². The highest BCUT2D eigenvalue weighted by Crippen LogP contribution is 2.24. The van der Waals surface area contributed by atoms with E-state index in [-0.39, 0.29) is 11.6 Å². The molecule has 24 heavy (non-hydrogen) atoms. The number of benzene rings is 1. The van der Waals surface area contributed by atoms with Crippen LogP contribution >= 0.6 is 0 Å². The average Bonchev–Trinajstić information content (AvgIpc) is 3.18. The first-order valence-electron chi connectivity index (χ1n) is 8.43. The molecule has 0 aliphatic carbocycles. The first-order chi connectivity index (χ1) is 11.5. The summed E-state index contributed by atoms with van der Waals surface area (Å²) in [6.07, 6.45) is 9.75. The standard InChI is InChI=1S/C20H23FN2O/c1-15(2)7-12-23-14-18(17-13-16(21)5-6-19(17)23)20(24)8-11-22-9-3-4-10-22/h5-8,11,13-14H,3-4,9-10,12H2,1-2H3/b11-8+. The Morgan fingerprint density at radius 3 is 2.71 bits per heavy atom. The third-order valence-electron chi connectivity index (χ3n) is 4.38. The van der Waals surface area contributed by atoms with Crippen LogP contribution < -0.4 is 0 Å². The number of nitrogens with zero attached hydrogens (tertiary/aromatic N) is 2. The van der Waals surface area contributed by atoms with Gasteiger partial charge in [-0.25, -0.2) is 4.39 Å². The fourth-order valence-corrected chi connectivity index (χ4v) is 3.05. The van der Waals surface area contributed by atoms with Crippen molar-refractivity contribution in [2.45, 2.75) is 33.2 Å². The molecule has 0 N–H and O–H groups in total. The maximum Gasteiger partial charge on any atom is 0.189 e. The van der Waals surface area contributed by atoms with Gasteiger partial charge in [-0.3, -0.25) is 4.79 Å². The van der Waals surface area contributed by atoms with Crippen molar-refractivity contribution in [2.24, 2.45) is 0 Å². The van der Waals surface area contributed by atoms with E-state index in [1.807, 2.05) is 30.8 Å². The van der Waals surface area contributed by atoms with Crippen molar-refractivity contribution >= 4 is 16.7 Å². The van der Waals surface area contributed by atoms with E-state index in [1.165, 1.54) is 30.5 Å². The first kappa shape index (κ1) is 16.5. The molecule has 1 saturated heterocycles. The number of likely N-dealkylation sites (tertiary alicyclic amines) is 1. The third-order valence-corrected chi connectivity index (χ3v) is 4.38. The van der Waals surface area contributed by atoms with Crippen molar-refractivity contribution in [2.75, 3.05) is 13.1 Å². The van der Waals surface area contributed by atoms with Crippen LogP contribution in [0.15, 0.2) is 48.3 Å². The Balaban J connectivity index is 1.95. The zero-order valence-corrected chi connectivity index (χ0v) is 14.3. The number of hydrogen-bond donors (Lipinski definition) is 0. The summed E-state index contributed by atoms with van der Waals surface area (Å²) in [5.74, 6) is -0.395. The monoisotopic (exact) mass is 326 g/mol. The van der Waals surface area contributed by atoms with Gasteiger partial charge in [-0.05, 0) is 44.9 Å². The molecule has 126 valence electrons. The van der Waals surface area contributed by atoms with E-state index in [0.717, 1.165) is 18.6 Å². The van der Waals surface area contributed by atoms with Crippen molar-refractivity contribution in [1.82, 2.24) is 9.47 Å². The molecule has 2 heterocycles. The summed E-state index contributed by atoms with van der Waals surface area (Å²) in [6, 6.07) is 4.63. The lowest BCUT2D eigenvalue weighted by atomic mass is 10.1. The normalized spacial score (nSPS) is 14.7. The van der Waals surface area contributed by atoms with Crippen LogP contribution in [0, 0.1) is 5.82 Å². The lowest BCUT2D eigenvalue weighted by Gasteiger charge is -2.09. The van der Waals surface area contributed by atoms with Crippen molar-refractivity contribution in [3.8, 4) is 0 Å². The van der Waals surface area contributed by atoms with Gasteiger partial charge in [0.25, 0.3) is 0 Å². The quantitative estimate of drug-likeness (QED) is 0.458. The van der Waals surface area contributed by atoms with Gasteiger partial charge in [0.15, 0.2) is 5.78 Å². The molecule has 0 spiro atoms. The van der Waals surface area contributed by atoms with Gasteiger partial charge >= 0.3 is 0 Å². The van der Waals surface area contributed by atoms with E-state index in [1.54, 1.807) is 12.1 Å². The molecule has 1 aromatic heterocycles. The number of fused-ring (bicyclic) bond motifs is 1. The second-order valence-corrected chi connectivity index (χ2v) is 6.56. The number of ketones is 1. The molecule has 1 aliphatic heterocycles. The Hall–Kier alpha value is -2.36. The largest absolute Gasteiger partial charge is 0.377 e. The number of carbonyl (C=O) groups excluding carboxylic acids is 1. The van der Waals surface area contributed by atoms with E-state index in [2.05, 4.69) is 11.0 Å². The molecule has 0 bridgehead atoms. The molecule has 1 aromatic carbocycles. The first-order valence-corrected chi connectivity index (χ1v) is 8.43. The number of allylic oxidation sites excluding steroid dienone is 3. The SMILES string of the molecule is CC(C)=CCn1cc(C(=O)/C=C/N2CCCC2)c2cc(F)ccc21. The number of halogens is 1. The predicted molar refractivity (Wildman–Crippen MR) is 95.6 cm³/mol. The van der Waals surface area contributed by atoms with E-state index < -0.39 is 0 Å². The number of hydrogen-bond acceptors (Lipinski definition) is 2. The molecule has 0 saturated carbocycles. The molecule has 2 aromatic rings. The van der Waals surface area contributed by atoms with Crippen molar-refractivity contribution in [3.63, 3.8) is 0 Å². The smallest absolute Gasteiger partial charge is 0.189 e. The van der Waals surface area contributed by atoms with Gasteiger partial charge in [0.05, 0.1) is 0 Å². The van der Waals surface area contributed by atoms with Crippen LogP contribution in [0.3, 0.4) is 0 Å². The molecule has 1 aliphatic rings. The Morgan fingerprint density at radius 2 is 2.00 bits per heavy atom. The number of carbonyl (C=O) groups is 1. The highest BCUT2D eigenvalue weighted by Gasteiger charge is 2.14. The highest BCUT2D eigenvalue weighted by molar-refractivity contribution is 6.13. The van der Waals surface area contributed by atoms with E-state index in [4.69, 9.17) is 0 Å². The minimum Gasteiger partial charge on any atom is -0.377 e. The van der Waals surface area contributed by atoms with Crippen LogP contribution in [0.2, 0.25) is 0 Å². The predicted octanol–water partition coefficient (Wildman–Crippen LogP) is 4.54. The van der Waals surface area contributed by atoms with Crippen LogP contribution in [0.4, 0.5) is 4.39 Å². The highest BCUT2D eigenvalue weighted by atomic mass is 19.1. The van der Waals surface area contributed by atoms with Gasteiger partial charge in [-0.15, -0.1) is 0 Å². The molecule has 1 fully saturated rings. The summed E-state index contributed by atoms with van der Waals surface area (Å²) in [7, 11) is 0. The van der Waals surface area contributed by atoms with Crippen LogP contribution in [-0.4, -0.2) is 28.3 Å². The lowest BCUT2D eigenvalue weighted by molar-refractivity contribution is 0.104. The van der Waals surface area contributed by atoms with Gasteiger partial charge in [-0.2, -0.15) is 0 Å². The van der Waals surface area contributed by atoms with Crippen molar-refractivity contribution in [3.05, 3.63) is 59.7 Å². The Bertz CT molecular complexity index is 806. The fourth-order valence-electron chi connectivity index (χ4n) is 3.05. The molecular weight excluding hydrogens is 303 g/mol. The molecule has 0 radical (unpaired) electrons. The second-order valence-electron chi connectivity index (χ2n) is 6.56. The molecule has 0 amide bonds. The maximum atomic E-state index is 13.7. The minimum atomic E-state index is -0.319. The number of rotatable bonds is 5. The molecule has 3 rings (SSSR count). The Labute approximate surface area is 142 Å². The molecule has 0 unspecified atom stereocenters. The average molecular weight is 326 g/mol. The van der Waals surface area contributed by atoms with Gasteiger partial charge in [-0.1, -0.05) is 11.6 Å². The Kier molecular flexibility index (Phi) is 4.84. The fraction of sp³-hybridized carbons (Fsp3) is 0.350. The summed E-state index contributed by atoms with van der Waals surface area (Å²) in [6.45, 7) is 6.75. The molecule has 0 atom stereocenters. The summed E-state index contributed by atoms with van der Waals surface area (Å²) < 4.78 is 15.7. The zero-order chi connectivity index (χ0) is 17.1. The summed E-state index contributed by atoms with van der Waals surface area (Å²) in [5.41, 5.74) is 2.65. The van der Waals surface area contributed by atoms with Gasteiger partial charge < -0.3 is 9.47 Å². The van der Waals surface area contributed by atoms with Crippen molar-refractivity contribution < 1.29 is 9.18 Å². The van der Waals surface area contributed by atoms with Crippen LogP contribution in [0.5, 0.6) is 0 Å². The lowest BCUT2D eigenvalue weighted by Crippen LogP contribution is -2.11. The maximum absolute atomic E-state index is 13.7. The van der Waals surface area contributed by atoms with Crippen molar-refractivity contribution in [1.29, 1.82) is 0 Å². The number of aromatic nitrogens is 1. The van der Waals surface area contributed by atoms with Gasteiger partial charge in [0.1, 0.15) is 5.82 Å². The van der Waals surface area contributed by atoms with Crippen LogP contribution in [0.1, 0.15) is 37.0 Å². The minimum absolute atomic E-state index is 0.0755. The van der Waals surface area contributed by atoms with E-state index in [9.17, 15) is 9.18 Å². The van der Waals surface area contributed by atoms with E-state index >= 15 is 0 Å². The van der Waals surface area contributed by atoms with Crippen LogP contribution in [0.25, 0.3) is 10.9 Å². The summed E-state index contributed by atoms with van der Waals surface area (Å²) in [4.78, 5) is 14.8. The van der Waals surface area contributed by atoms with Crippen LogP contribution in [-0.2, 0) is 6.54 Å². The topological polar surface area (TPSA) is 25.2 Å². The molecule has 3 nitrogen and oxygen atoms in total. The second kappa shape index (κ2) is 7.04. The molecular formula is C20H23FN2O. The summed E-state index contributed by atoms with van der Waals surface area (Å²) in [5, 5.41) is 0.674. The Morgan fingerprint density at radius 1 is 1.25 bits per heavy atom. The summed E-state index contributed by atoms with van der Waals surface area (Å²) >= 11 is 0. The van der Waals surface area contributed by atoms with E-state index in [0.29, 0.717) is 17.5 Å². The zero-order valence-electron chi connectivity index (χ0n) is 14.3. The van der Waals surface area contributed by atoms with Gasteiger partial charge in [0, 0.05) is 54.6 Å². The molecule has 4 heteroatoms. The third kappa shape index (κ3) is 3.58.